The molecule has 0 radical (unpaired) electrons. The molecule has 21 heavy (non-hydrogen) atoms. The molecule has 7 heteroatoms. The lowest BCUT2D eigenvalue weighted by atomic mass is 10.1. The van der Waals surface area contributed by atoms with Gasteiger partial charge in [-0.1, -0.05) is 62.9 Å². The molecule has 2 rings (SSSR count). The van der Waals surface area contributed by atoms with E-state index >= 15 is 0 Å². The van der Waals surface area contributed by atoms with Gasteiger partial charge in [-0.05, 0) is 18.2 Å². The highest BCUT2D eigenvalue weighted by Crippen LogP contribution is 2.31. The zero-order valence-electron chi connectivity index (χ0n) is 10.7. The van der Waals surface area contributed by atoms with Crippen LogP contribution in [0.4, 0.5) is 0 Å². The first-order chi connectivity index (χ1) is 9.71. The summed E-state index contributed by atoms with van der Waals surface area (Å²) in [6, 6.07) is 8.45. The van der Waals surface area contributed by atoms with Crippen molar-refractivity contribution in [3.8, 4) is 0 Å². The number of alkyl halides is 3. The number of benzene rings is 1. The summed E-state index contributed by atoms with van der Waals surface area (Å²) >= 11 is 20.1. The van der Waals surface area contributed by atoms with Crippen LogP contribution in [-0.2, 0) is 7.05 Å². The van der Waals surface area contributed by atoms with Crippen LogP contribution in [-0.4, -0.2) is 19.9 Å². The van der Waals surface area contributed by atoms with Crippen molar-refractivity contribution in [3.05, 3.63) is 57.8 Å². The predicted octanol–water partition coefficient (Wildman–Crippen LogP) is 4.57. The summed E-state index contributed by atoms with van der Waals surface area (Å²) in [6.45, 7) is 0. The van der Waals surface area contributed by atoms with Gasteiger partial charge in [0, 0.05) is 28.8 Å². The number of aryl methyl sites for hydroxylation is 1. The second kappa shape index (κ2) is 6.13. The molecule has 3 nitrogen and oxygen atoms in total. The van der Waals surface area contributed by atoms with Crippen LogP contribution >= 0.6 is 50.7 Å². The number of ketones is 2. The summed E-state index contributed by atoms with van der Waals surface area (Å²) in [5, 5.41) is 0. The highest BCUT2D eigenvalue weighted by atomic mass is 79.9. The Morgan fingerprint density at radius 2 is 1.81 bits per heavy atom. The second-order valence-electron chi connectivity index (χ2n) is 4.36. The maximum absolute atomic E-state index is 12.5. The van der Waals surface area contributed by atoms with E-state index in [-0.39, 0.29) is 11.5 Å². The van der Waals surface area contributed by atoms with Crippen molar-refractivity contribution in [2.75, 3.05) is 0 Å². The topological polar surface area (TPSA) is 39.1 Å². The van der Waals surface area contributed by atoms with Crippen LogP contribution < -0.4 is 0 Å². The SMILES string of the molecule is Cn1cc(C(=O)c2ccccc2Br)cc1C(=O)C(Cl)(Cl)Cl. The van der Waals surface area contributed by atoms with Crippen LogP contribution in [0.2, 0.25) is 0 Å². The third kappa shape index (κ3) is 3.51. The fraction of sp³-hybridized carbons (Fsp3) is 0.143. The average molecular weight is 409 g/mol. The van der Waals surface area contributed by atoms with Crippen LogP contribution in [0, 0.1) is 0 Å². The van der Waals surface area contributed by atoms with Crippen molar-refractivity contribution in [1.82, 2.24) is 4.57 Å². The molecule has 0 fully saturated rings. The Morgan fingerprint density at radius 3 is 2.38 bits per heavy atom. The number of nitrogens with zero attached hydrogens (tertiary/aromatic N) is 1. The summed E-state index contributed by atoms with van der Waals surface area (Å²) < 4.78 is 0.0849. The minimum Gasteiger partial charge on any atom is -0.347 e. The summed E-state index contributed by atoms with van der Waals surface area (Å²) in [6.07, 6.45) is 1.53. The highest BCUT2D eigenvalue weighted by molar-refractivity contribution is 9.10. The maximum atomic E-state index is 12.5. The molecule has 1 aromatic heterocycles. The number of hydrogen-bond donors (Lipinski definition) is 0. The number of halogens is 4. The molecule has 0 amide bonds. The fourth-order valence-corrected chi connectivity index (χ4v) is 2.62. The van der Waals surface area contributed by atoms with Gasteiger partial charge in [-0.3, -0.25) is 9.59 Å². The fourth-order valence-electron chi connectivity index (χ4n) is 1.86. The van der Waals surface area contributed by atoms with Crippen LogP contribution in [0.25, 0.3) is 0 Å². The van der Waals surface area contributed by atoms with Gasteiger partial charge in [0.15, 0.2) is 5.78 Å². The minimum absolute atomic E-state index is 0.158. The summed E-state index contributed by atoms with van der Waals surface area (Å²) in [7, 11) is 1.61. The lowest BCUT2D eigenvalue weighted by Crippen LogP contribution is -2.21. The van der Waals surface area contributed by atoms with Crippen molar-refractivity contribution >= 4 is 62.3 Å². The quantitative estimate of drug-likeness (QED) is 0.550. The van der Waals surface area contributed by atoms with Crippen LogP contribution in [0.3, 0.4) is 0 Å². The Labute approximate surface area is 144 Å². The number of Topliss-reactive ketones (excluding diaryl/α,β-unsaturated/α-hetero) is 1. The van der Waals surface area contributed by atoms with Crippen molar-refractivity contribution < 1.29 is 9.59 Å². The van der Waals surface area contributed by atoms with E-state index in [1.54, 1.807) is 25.2 Å². The first-order valence-corrected chi connectivity index (χ1v) is 7.71. The number of carbonyl (C=O) groups excluding carboxylic acids is 2. The molecular formula is C14H9BrCl3NO2. The molecule has 0 aliphatic heterocycles. The molecule has 110 valence electrons. The largest absolute Gasteiger partial charge is 0.347 e. The van der Waals surface area contributed by atoms with Gasteiger partial charge in [-0.15, -0.1) is 0 Å². The minimum atomic E-state index is -2.06. The van der Waals surface area contributed by atoms with Gasteiger partial charge in [0.05, 0.1) is 5.69 Å². The first-order valence-electron chi connectivity index (χ1n) is 5.79. The summed E-state index contributed by atoms with van der Waals surface area (Å²) in [4.78, 5) is 24.4. The van der Waals surface area contributed by atoms with Crippen LogP contribution in [0.1, 0.15) is 26.4 Å². The Bertz CT molecular complexity index is 719. The van der Waals surface area contributed by atoms with Gasteiger partial charge in [0.2, 0.25) is 5.78 Å². The Kier molecular flexibility index (Phi) is 4.83. The molecule has 0 saturated heterocycles. The van der Waals surface area contributed by atoms with Gasteiger partial charge in [-0.25, -0.2) is 0 Å². The molecule has 0 saturated carbocycles. The normalized spacial score (nSPS) is 11.5. The van der Waals surface area contributed by atoms with Crippen molar-refractivity contribution in [2.45, 2.75) is 3.79 Å². The molecule has 0 atom stereocenters. The average Bonchev–Trinajstić information content (AvgIpc) is 2.78. The monoisotopic (exact) mass is 407 g/mol. The van der Waals surface area contributed by atoms with E-state index in [0.717, 1.165) is 0 Å². The molecule has 0 aliphatic rings. The standard InChI is InChI=1S/C14H9BrCl3NO2/c1-19-7-8(6-11(19)13(21)14(16,17)18)12(20)9-4-2-3-5-10(9)15/h2-7H,1H3. The van der Waals surface area contributed by atoms with E-state index in [1.807, 2.05) is 6.07 Å². The van der Waals surface area contributed by atoms with E-state index in [2.05, 4.69) is 15.9 Å². The number of hydrogen-bond acceptors (Lipinski definition) is 2. The van der Waals surface area contributed by atoms with Gasteiger partial charge in [0.1, 0.15) is 0 Å². The summed E-state index contributed by atoms with van der Waals surface area (Å²) in [5.41, 5.74) is 1.00. The second-order valence-corrected chi connectivity index (χ2v) is 7.50. The lowest BCUT2D eigenvalue weighted by molar-refractivity contribution is 0.0988. The summed E-state index contributed by atoms with van der Waals surface area (Å²) in [5.74, 6) is -0.900. The molecule has 2 aromatic rings. The maximum Gasteiger partial charge on any atom is 0.255 e. The molecule has 0 unspecified atom stereocenters. The number of rotatable bonds is 3. The third-order valence-corrected chi connectivity index (χ3v) is 4.08. The molecule has 0 aliphatic carbocycles. The van der Waals surface area contributed by atoms with E-state index in [0.29, 0.717) is 15.6 Å². The van der Waals surface area contributed by atoms with E-state index in [9.17, 15) is 9.59 Å². The van der Waals surface area contributed by atoms with Gasteiger partial charge in [0.25, 0.3) is 3.79 Å². The molecule has 0 spiro atoms. The molecule has 1 heterocycles. The van der Waals surface area contributed by atoms with Crippen molar-refractivity contribution in [1.29, 1.82) is 0 Å². The molecular weight excluding hydrogens is 400 g/mol. The van der Waals surface area contributed by atoms with Crippen LogP contribution in [0.15, 0.2) is 41.0 Å². The molecule has 0 N–H and O–H groups in total. The molecule has 1 aromatic carbocycles. The zero-order chi connectivity index (χ0) is 15.8. The van der Waals surface area contributed by atoms with E-state index in [1.165, 1.54) is 16.8 Å². The Balaban J connectivity index is 2.42. The van der Waals surface area contributed by atoms with Crippen molar-refractivity contribution in [2.24, 2.45) is 7.05 Å². The van der Waals surface area contributed by atoms with E-state index < -0.39 is 9.58 Å². The van der Waals surface area contributed by atoms with Gasteiger partial charge >= 0.3 is 0 Å². The first kappa shape index (κ1) is 16.6. The smallest absolute Gasteiger partial charge is 0.255 e. The Morgan fingerprint density at radius 1 is 1.19 bits per heavy atom. The number of carbonyl (C=O) groups is 2. The van der Waals surface area contributed by atoms with Crippen LogP contribution in [0.5, 0.6) is 0 Å². The third-order valence-electron chi connectivity index (χ3n) is 2.88. The van der Waals surface area contributed by atoms with Gasteiger partial charge < -0.3 is 4.57 Å². The van der Waals surface area contributed by atoms with Gasteiger partial charge in [-0.2, -0.15) is 0 Å². The zero-order valence-corrected chi connectivity index (χ0v) is 14.6. The van der Waals surface area contributed by atoms with E-state index in [4.69, 9.17) is 34.8 Å². The molecule has 0 bridgehead atoms. The van der Waals surface area contributed by atoms with Crippen molar-refractivity contribution in [3.63, 3.8) is 0 Å². The predicted molar refractivity (Wildman–Crippen MR) is 87.6 cm³/mol. The number of aromatic nitrogens is 1. The lowest BCUT2D eigenvalue weighted by Gasteiger charge is -2.09. The highest BCUT2D eigenvalue weighted by Gasteiger charge is 2.34. The Hall–Kier alpha value is -0.810.